The first-order valence-corrected chi connectivity index (χ1v) is 7.45. The maximum atomic E-state index is 11.5. The molecule has 0 spiro atoms. The van der Waals surface area contributed by atoms with Gasteiger partial charge in [-0.1, -0.05) is 0 Å². The van der Waals surface area contributed by atoms with E-state index in [1.54, 1.807) is 0 Å². The van der Waals surface area contributed by atoms with Crippen molar-refractivity contribution in [1.82, 2.24) is 9.97 Å². The predicted molar refractivity (Wildman–Crippen MR) is 79.3 cm³/mol. The average molecular weight is 293 g/mol. The van der Waals surface area contributed by atoms with E-state index in [0.717, 1.165) is 31.5 Å². The Balaban J connectivity index is 1.92. The van der Waals surface area contributed by atoms with Gasteiger partial charge >= 0.3 is 5.97 Å². The second-order valence-corrected chi connectivity index (χ2v) is 5.29. The number of anilines is 1. The lowest BCUT2D eigenvalue weighted by atomic mass is 9.86. The molecule has 0 atom stereocenters. The summed E-state index contributed by atoms with van der Waals surface area (Å²) in [5.74, 6) is 2.01. The number of carbonyl (C=O) groups excluding carboxylic acids is 1. The fraction of sp³-hybridized carbons (Fsp3) is 0.667. The predicted octanol–water partition coefficient (Wildman–Crippen LogP) is 2.33. The van der Waals surface area contributed by atoms with Crippen LogP contribution in [0.2, 0.25) is 0 Å². The minimum atomic E-state index is -0.0926. The van der Waals surface area contributed by atoms with Crippen LogP contribution in [0.15, 0.2) is 6.07 Å². The van der Waals surface area contributed by atoms with Crippen LogP contribution in [0, 0.1) is 12.8 Å². The number of aromatic nitrogens is 2. The van der Waals surface area contributed by atoms with Crippen LogP contribution in [0.25, 0.3) is 0 Å². The van der Waals surface area contributed by atoms with Gasteiger partial charge in [0.05, 0.1) is 19.6 Å². The van der Waals surface area contributed by atoms with Crippen molar-refractivity contribution in [2.75, 3.05) is 19.0 Å². The van der Waals surface area contributed by atoms with Gasteiger partial charge in [-0.3, -0.25) is 4.79 Å². The molecule has 0 bridgehead atoms. The van der Waals surface area contributed by atoms with Crippen LogP contribution in [0.3, 0.4) is 0 Å². The Morgan fingerprint density at radius 3 is 2.67 bits per heavy atom. The van der Waals surface area contributed by atoms with Crippen LogP contribution in [-0.4, -0.2) is 35.7 Å². The van der Waals surface area contributed by atoms with Gasteiger partial charge in [-0.2, -0.15) is 4.98 Å². The molecular weight excluding hydrogens is 270 g/mol. The van der Waals surface area contributed by atoms with E-state index < -0.39 is 0 Å². The lowest BCUT2D eigenvalue weighted by molar-refractivity contribution is -0.146. The van der Waals surface area contributed by atoms with Crippen molar-refractivity contribution in [3.8, 4) is 5.88 Å². The molecule has 1 aliphatic carbocycles. The van der Waals surface area contributed by atoms with Gasteiger partial charge in [0, 0.05) is 12.1 Å². The SMILES string of the molecule is CCOc1cc(NC2CCC(C(=O)OC)CC2)nc(C)n1. The zero-order chi connectivity index (χ0) is 15.2. The highest BCUT2D eigenvalue weighted by Gasteiger charge is 2.27. The summed E-state index contributed by atoms with van der Waals surface area (Å²) in [4.78, 5) is 20.1. The number of nitrogens with one attached hydrogen (secondary N) is 1. The lowest BCUT2D eigenvalue weighted by Crippen LogP contribution is -2.30. The van der Waals surface area contributed by atoms with E-state index in [0.29, 0.717) is 24.4 Å². The maximum Gasteiger partial charge on any atom is 0.308 e. The quantitative estimate of drug-likeness (QED) is 0.840. The molecule has 6 nitrogen and oxygen atoms in total. The number of rotatable bonds is 5. The fourth-order valence-electron chi connectivity index (χ4n) is 2.69. The third-order valence-electron chi connectivity index (χ3n) is 3.72. The average Bonchev–Trinajstić information content (AvgIpc) is 2.47. The Bertz CT molecular complexity index is 485. The molecule has 2 rings (SSSR count). The highest BCUT2D eigenvalue weighted by atomic mass is 16.5. The molecular formula is C15H23N3O3. The number of esters is 1. The third kappa shape index (κ3) is 4.31. The molecule has 1 aromatic heterocycles. The standard InChI is InChI=1S/C15H23N3O3/c1-4-21-14-9-13(16-10(2)17-14)18-12-7-5-11(6-8-12)15(19)20-3/h9,11-12H,4-8H2,1-3H3,(H,16,17,18). The van der Waals surface area contributed by atoms with Crippen LogP contribution in [-0.2, 0) is 9.53 Å². The molecule has 21 heavy (non-hydrogen) atoms. The van der Waals surface area contributed by atoms with Crippen molar-refractivity contribution in [2.45, 2.75) is 45.6 Å². The van der Waals surface area contributed by atoms with E-state index >= 15 is 0 Å². The molecule has 1 heterocycles. The fourth-order valence-corrected chi connectivity index (χ4v) is 2.69. The van der Waals surface area contributed by atoms with E-state index in [1.807, 2.05) is 19.9 Å². The molecule has 0 amide bonds. The summed E-state index contributed by atoms with van der Waals surface area (Å²) in [5, 5.41) is 3.41. The smallest absolute Gasteiger partial charge is 0.308 e. The summed E-state index contributed by atoms with van der Waals surface area (Å²) >= 11 is 0. The van der Waals surface area contributed by atoms with Gasteiger partial charge in [0.15, 0.2) is 0 Å². The topological polar surface area (TPSA) is 73.3 Å². The van der Waals surface area contributed by atoms with E-state index in [4.69, 9.17) is 9.47 Å². The molecule has 0 saturated heterocycles. The number of hydrogen-bond acceptors (Lipinski definition) is 6. The van der Waals surface area contributed by atoms with Crippen molar-refractivity contribution in [3.63, 3.8) is 0 Å². The molecule has 0 aliphatic heterocycles. The molecule has 1 saturated carbocycles. The highest BCUT2D eigenvalue weighted by molar-refractivity contribution is 5.72. The third-order valence-corrected chi connectivity index (χ3v) is 3.72. The molecule has 0 aromatic carbocycles. The molecule has 1 fully saturated rings. The van der Waals surface area contributed by atoms with Crippen molar-refractivity contribution < 1.29 is 14.3 Å². The monoisotopic (exact) mass is 293 g/mol. The van der Waals surface area contributed by atoms with E-state index in [1.165, 1.54) is 7.11 Å². The summed E-state index contributed by atoms with van der Waals surface area (Å²) in [5.41, 5.74) is 0. The molecule has 0 radical (unpaired) electrons. The number of aryl methyl sites for hydroxylation is 1. The Morgan fingerprint density at radius 2 is 2.05 bits per heavy atom. The van der Waals surface area contributed by atoms with E-state index in [9.17, 15) is 4.79 Å². The van der Waals surface area contributed by atoms with Crippen molar-refractivity contribution >= 4 is 11.8 Å². The Kier molecular flexibility index (Phi) is 5.36. The van der Waals surface area contributed by atoms with Gasteiger partial charge in [0.1, 0.15) is 11.6 Å². The molecule has 6 heteroatoms. The van der Waals surface area contributed by atoms with Crippen LogP contribution in [0.4, 0.5) is 5.82 Å². The zero-order valence-corrected chi connectivity index (χ0v) is 12.9. The maximum absolute atomic E-state index is 11.5. The normalized spacial score (nSPS) is 21.7. The van der Waals surface area contributed by atoms with Crippen LogP contribution >= 0.6 is 0 Å². The summed E-state index contributed by atoms with van der Waals surface area (Å²) in [6, 6.07) is 2.15. The Hall–Kier alpha value is -1.85. The minimum Gasteiger partial charge on any atom is -0.478 e. The Labute approximate surface area is 125 Å². The van der Waals surface area contributed by atoms with Gasteiger partial charge in [-0.15, -0.1) is 0 Å². The minimum absolute atomic E-state index is 0.0409. The summed E-state index contributed by atoms with van der Waals surface area (Å²) < 4.78 is 10.2. The van der Waals surface area contributed by atoms with Crippen LogP contribution in [0.5, 0.6) is 5.88 Å². The summed E-state index contributed by atoms with van der Waals surface area (Å²) in [7, 11) is 1.45. The van der Waals surface area contributed by atoms with E-state index in [-0.39, 0.29) is 11.9 Å². The van der Waals surface area contributed by atoms with Crippen molar-refractivity contribution in [3.05, 3.63) is 11.9 Å². The van der Waals surface area contributed by atoms with E-state index in [2.05, 4.69) is 15.3 Å². The molecule has 1 aliphatic rings. The van der Waals surface area contributed by atoms with Gasteiger partial charge in [-0.05, 0) is 39.5 Å². The molecule has 116 valence electrons. The Morgan fingerprint density at radius 1 is 1.33 bits per heavy atom. The molecule has 1 N–H and O–H groups in total. The van der Waals surface area contributed by atoms with Crippen LogP contribution < -0.4 is 10.1 Å². The summed E-state index contributed by atoms with van der Waals surface area (Å²) in [6.45, 7) is 4.36. The number of methoxy groups -OCH3 is 1. The largest absolute Gasteiger partial charge is 0.478 e. The second kappa shape index (κ2) is 7.24. The first-order valence-electron chi connectivity index (χ1n) is 7.45. The second-order valence-electron chi connectivity index (χ2n) is 5.29. The number of nitrogens with zero attached hydrogens (tertiary/aromatic N) is 2. The summed E-state index contributed by atoms with van der Waals surface area (Å²) in [6.07, 6.45) is 3.58. The molecule has 0 unspecified atom stereocenters. The lowest BCUT2D eigenvalue weighted by Gasteiger charge is -2.28. The number of hydrogen-bond donors (Lipinski definition) is 1. The first-order chi connectivity index (χ1) is 10.1. The zero-order valence-electron chi connectivity index (χ0n) is 12.9. The highest BCUT2D eigenvalue weighted by Crippen LogP contribution is 2.27. The van der Waals surface area contributed by atoms with Crippen molar-refractivity contribution in [1.29, 1.82) is 0 Å². The van der Waals surface area contributed by atoms with Gasteiger partial charge < -0.3 is 14.8 Å². The van der Waals surface area contributed by atoms with Gasteiger partial charge in [-0.25, -0.2) is 4.98 Å². The van der Waals surface area contributed by atoms with Crippen molar-refractivity contribution in [2.24, 2.45) is 5.92 Å². The first kappa shape index (κ1) is 15.5. The molecule has 1 aromatic rings. The van der Waals surface area contributed by atoms with Crippen LogP contribution in [0.1, 0.15) is 38.4 Å². The van der Waals surface area contributed by atoms with Gasteiger partial charge in [0.2, 0.25) is 5.88 Å². The van der Waals surface area contributed by atoms with Gasteiger partial charge in [0.25, 0.3) is 0 Å². The number of ether oxygens (including phenoxy) is 2. The number of carbonyl (C=O) groups is 1.